The lowest BCUT2D eigenvalue weighted by Crippen LogP contribution is -2.05. The minimum absolute atomic E-state index is 0.288. The van der Waals surface area contributed by atoms with Gasteiger partial charge >= 0.3 is 6.01 Å². The van der Waals surface area contributed by atoms with Crippen LogP contribution in [-0.2, 0) is 19.4 Å². The van der Waals surface area contributed by atoms with Crippen LogP contribution in [0.2, 0.25) is 0 Å². The number of nitrogens with two attached hydrogens (primary N) is 1. The number of hydrogen-bond donors (Lipinski definition) is 1. The molecule has 0 amide bonds. The third-order valence-electron chi connectivity index (χ3n) is 3.18. The van der Waals surface area contributed by atoms with Gasteiger partial charge in [0.05, 0.1) is 11.4 Å². The van der Waals surface area contributed by atoms with E-state index in [-0.39, 0.29) is 6.01 Å². The first-order valence-corrected chi connectivity index (χ1v) is 6.87. The molecule has 2 rings (SSSR count). The molecule has 1 aromatic heterocycles. The Bertz CT molecular complexity index is 598. The van der Waals surface area contributed by atoms with E-state index in [2.05, 4.69) is 15.2 Å². The summed E-state index contributed by atoms with van der Waals surface area (Å²) in [5.41, 5.74) is 9.54. The van der Waals surface area contributed by atoms with Gasteiger partial charge in [0, 0.05) is 6.54 Å². The molecule has 0 fully saturated rings. The van der Waals surface area contributed by atoms with Crippen molar-refractivity contribution in [3.05, 3.63) is 40.7 Å². The largest absolute Gasteiger partial charge is 0.423 e. The van der Waals surface area contributed by atoms with E-state index in [1.165, 1.54) is 0 Å². The summed E-state index contributed by atoms with van der Waals surface area (Å²) in [6.07, 6.45) is 1.64. The highest BCUT2D eigenvalue weighted by molar-refractivity contribution is 5.38. The molecular formula is C15H20N4O. The molecule has 0 saturated heterocycles. The molecule has 0 atom stereocenters. The quantitative estimate of drug-likeness (QED) is 0.905. The van der Waals surface area contributed by atoms with Gasteiger partial charge in [0.15, 0.2) is 0 Å². The Morgan fingerprint density at radius 3 is 2.50 bits per heavy atom. The number of rotatable bonds is 5. The van der Waals surface area contributed by atoms with Crippen molar-refractivity contribution in [1.29, 1.82) is 0 Å². The fraction of sp³-hybridized carbons (Fsp3) is 0.400. The van der Waals surface area contributed by atoms with Gasteiger partial charge in [0.2, 0.25) is 0 Å². The number of nitrogens with zero attached hydrogens (tertiary/aromatic N) is 3. The van der Waals surface area contributed by atoms with Crippen molar-refractivity contribution in [2.24, 2.45) is 5.73 Å². The van der Waals surface area contributed by atoms with Crippen molar-refractivity contribution in [2.45, 2.75) is 40.2 Å². The molecule has 0 spiro atoms. The van der Waals surface area contributed by atoms with Gasteiger partial charge in [-0.1, -0.05) is 31.1 Å². The summed E-state index contributed by atoms with van der Waals surface area (Å²) in [6.45, 7) is 6.54. The maximum absolute atomic E-state index is 5.75. The van der Waals surface area contributed by atoms with Crippen LogP contribution in [-0.4, -0.2) is 15.2 Å². The summed E-state index contributed by atoms with van der Waals surface area (Å²) in [4.78, 5) is 4.43. The fourth-order valence-corrected chi connectivity index (χ4v) is 1.94. The van der Waals surface area contributed by atoms with Crippen LogP contribution in [0.3, 0.4) is 0 Å². The number of aromatic nitrogens is 3. The molecular weight excluding hydrogens is 252 g/mol. The first kappa shape index (κ1) is 14.4. The Labute approximate surface area is 119 Å². The van der Waals surface area contributed by atoms with E-state index in [9.17, 15) is 0 Å². The van der Waals surface area contributed by atoms with Crippen molar-refractivity contribution in [3.63, 3.8) is 0 Å². The van der Waals surface area contributed by atoms with Crippen LogP contribution >= 0.6 is 0 Å². The second kappa shape index (κ2) is 6.43. The number of hydrogen-bond acceptors (Lipinski definition) is 5. The summed E-state index contributed by atoms with van der Waals surface area (Å²) in [6, 6.07) is 6.17. The number of benzene rings is 1. The van der Waals surface area contributed by atoms with Crippen LogP contribution in [0.5, 0.6) is 11.8 Å². The van der Waals surface area contributed by atoms with Crippen LogP contribution in [0, 0.1) is 6.92 Å². The summed E-state index contributed by atoms with van der Waals surface area (Å²) < 4.78 is 5.75. The van der Waals surface area contributed by atoms with E-state index < -0.39 is 0 Å². The number of ether oxygens (including phenoxy) is 1. The van der Waals surface area contributed by atoms with Gasteiger partial charge in [-0.05, 0) is 37.0 Å². The topological polar surface area (TPSA) is 73.9 Å². The second-order valence-electron chi connectivity index (χ2n) is 4.60. The summed E-state index contributed by atoms with van der Waals surface area (Å²) in [5, 5.41) is 8.21. The van der Waals surface area contributed by atoms with E-state index in [4.69, 9.17) is 10.5 Å². The Morgan fingerprint density at radius 2 is 1.85 bits per heavy atom. The predicted octanol–water partition coefficient (Wildman–Crippen LogP) is 2.56. The maximum atomic E-state index is 5.75. The van der Waals surface area contributed by atoms with Gasteiger partial charge in [-0.25, -0.2) is 0 Å². The molecule has 1 heterocycles. The van der Waals surface area contributed by atoms with E-state index >= 15 is 0 Å². The highest BCUT2D eigenvalue weighted by Crippen LogP contribution is 2.24. The molecule has 0 aliphatic rings. The van der Waals surface area contributed by atoms with Crippen LogP contribution in [0.25, 0.3) is 0 Å². The summed E-state index contributed by atoms with van der Waals surface area (Å²) in [5.74, 6) is 0.723. The zero-order chi connectivity index (χ0) is 14.5. The zero-order valence-corrected chi connectivity index (χ0v) is 12.2. The maximum Gasteiger partial charge on any atom is 0.341 e. The minimum atomic E-state index is 0.288. The molecule has 0 aliphatic carbocycles. The van der Waals surface area contributed by atoms with Crippen molar-refractivity contribution in [1.82, 2.24) is 15.2 Å². The molecule has 1 aromatic carbocycles. The molecule has 0 unspecified atom stereocenters. The Hall–Kier alpha value is -2.01. The third-order valence-corrected chi connectivity index (χ3v) is 3.18. The Kier molecular flexibility index (Phi) is 4.63. The van der Waals surface area contributed by atoms with Crippen LogP contribution in [0.15, 0.2) is 18.2 Å². The monoisotopic (exact) mass is 272 g/mol. The lowest BCUT2D eigenvalue weighted by atomic mass is 10.1. The molecule has 0 radical (unpaired) electrons. The van der Waals surface area contributed by atoms with E-state index in [1.807, 2.05) is 39.0 Å². The van der Waals surface area contributed by atoms with Gasteiger partial charge < -0.3 is 10.5 Å². The van der Waals surface area contributed by atoms with Crippen LogP contribution in [0.1, 0.15) is 36.4 Å². The first-order chi connectivity index (χ1) is 9.67. The lowest BCUT2D eigenvalue weighted by Gasteiger charge is -2.10. The molecule has 20 heavy (non-hydrogen) atoms. The SMILES string of the molecule is CCc1nnc(Oc2cc(CN)ccc2C)nc1CC. The average Bonchev–Trinajstić information content (AvgIpc) is 2.49. The van der Waals surface area contributed by atoms with E-state index in [1.54, 1.807) is 0 Å². The summed E-state index contributed by atoms with van der Waals surface area (Å²) in [7, 11) is 0. The summed E-state index contributed by atoms with van der Waals surface area (Å²) >= 11 is 0. The lowest BCUT2D eigenvalue weighted by molar-refractivity contribution is 0.425. The molecule has 0 aliphatic heterocycles. The molecule has 5 nitrogen and oxygen atoms in total. The van der Waals surface area contributed by atoms with Gasteiger partial charge in [-0.15, -0.1) is 5.10 Å². The first-order valence-electron chi connectivity index (χ1n) is 6.87. The molecule has 0 saturated carbocycles. The fourth-order valence-electron chi connectivity index (χ4n) is 1.94. The smallest absolute Gasteiger partial charge is 0.341 e. The van der Waals surface area contributed by atoms with E-state index in [0.717, 1.165) is 41.1 Å². The van der Waals surface area contributed by atoms with E-state index in [0.29, 0.717) is 6.54 Å². The Morgan fingerprint density at radius 1 is 1.10 bits per heavy atom. The highest BCUT2D eigenvalue weighted by atomic mass is 16.5. The highest BCUT2D eigenvalue weighted by Gasteiger charge is 2.09. The normalized spacial score (nSPS) is 10.6. The number of aryl methyl sites for hydroxylation is 3. The molecule has 2 aromatic rings. The molecule has 0 bridgehead atoms. The van der Waals surface area contributed by atoms with Crippen molar-refractivity contribution in [2.75, 3.05) is 0 Å². The van der Waals surface area contributed by atoms with Gasteiger partial charge in [-0.3, -0.25) is 0 Å². The van der Waals surface area contributed by atoms with Gasteiger partial charge in [0.1, 0.15) is 5.75 Å². The van der Waals surface area contributed by atoms with Crippen LogP contribution < -0.4 is 10.5 Å². The van der Waals surface area contributed by atoms with Crippen molar-refractivity contribution >= 4 is 0 Å². The zero-order valence-electron chi connectivity index (χ0n) is 12.2. The third kappa shape index (κ3) is 3.11. The molecule has 106 valence electrons. The van der Waals surface area contributed by atoms with Gasteiger partial charge in [0.25, 0.3) is 0 Å². The molecule has 5 heteroatoms. The van der Waals surface area contributed by atoms with Crippen molar-refractivity contribution < 1.29 is 4.74 Å². The standard InChI is InChI=1S/C15H20N4O/c1-4-12-13(5-2)18-19-15(17-12)20-14-8-11(9-16)7-6-10(14)3/h6-8H,4-5,9,16H2,1-3H3. The van der Waals surface area contributed by atoms with Crippen molar-refractivity contribution in [3.8, 4) is 11.8 Å². The average molecular weight is 272 g/mol. The Balaban J connectivity index is 2.30. The second-order valence-corrected chi connectivity index (χ2v) is 4.60. The van der Waals surface area contributed by atoms with Crippen LogP contribution in [0.4, 0.5) is 0 Å². The minimum Gasteiger partial charge on any atom is -0.423 e. The molecule has 2 N–H and O–H groups in total. The predicted molar refractivity (Wildman–Crippen MR) is 77.7 cm³/mol. The van der Waals surface area contributed by atoms with Gasteiger partial charge in [-0.2, -0.15) is 4.98 Å².